The number of unbranched alkanes of at least 4 members (excludes halogenated alkanes) is 1. The standard InChI is InChI=1S/C25H23N.C3H8.C2H6.C2H4/c1-2-3-7-19-12-14-20(15-13-19)22-9-6-10-23(18-22)25-24-11-5-4-8-21(24)16-17-26-25;1-3-2;2*1-2/h4-6,8-18H,2-3,7H2,1H3;3H2,1-2H3;1-2H3;1-2H2. The van der Waals surface area contributed by atoms with E-state index in [1.54, 1.807) is 0 Å². The smallest absolute Gasteiger partial charge is 0.0780 e. The third kappa shape index (κ3) is 8.35. The third-order valence-corrected chi connectivity index (χ3v) is 4.92. The molecule has 0 bridgehead atoms. The molecule has 0 aliphatic rings. The number of hydrogen-bond donors (Lipinski definition) is 0. The van der Waals surface area contributed by atoms with Gasteiger partial charge in [0.05, 0.1) is 5.69 Å². The van der Waals surface area contributed by atoms with Crippen LogP contribution in [0.15, 0.2) is 98.2 Å². The number of benzene rings is 3. The minimum Gasteiger partial charge on any atom is -0.256 e. The van der Waals surface area contributed by atoms with E-state index in [1.165, 1.54) is 46.7 Å². The molecule has 0 unspecified atom stereocenters. The Morgan fingerprint density at radius 3 is 2.00 bits per heavy atom. The van der Waals surface area contributed by atoms with Gasteiger partial charge in [-0.2, -0.15) is 0 Å². The topological polar surface area (TPSA) is 12.9 Å². The number of hydrogen-bond acceptors (Lipinski definition) is 1. The van der Waals surface area contributed by atoms with Gasteiger partial charge >= 0.3 is 0 Å². The van der Waals surface area contributed by atoms with E-state index in [2.05, 4.69) is 118 Å². The lowest BCUT2D eigenvalue weighted by Gasteiger charge is -2.09. The van der Waals surface area contributed by atoms with Gasteiger partial charge in [-0.15, -0.1) is 13.2 Å². The van der Waals surface area contributed by atoms with Crippen molar-refractivity contribution in [3.63, 3.8) is 0 Å². The average Bonchev–Trinajstić information content (AvgIpc) is 2.90. The molecule has 0 aliphatic heterocycles. The SMILES string of the molecule is C=C.CC.CCC.CCCCc1ccc(-c2cccc(-c3nccc4ccccc34)c2)cc1. The van der Waals surface area contributed by atoms with Crippen molar-refractivity contribution >= 4 is 10.8 Å². The van der Waals surface area contributed by atoms with Crippen molar-refractivity contribution in [1.29, 1.82) is 0 Å². The van der Waals surface area contributed by atoms with Gasteiger partial charge in [-0.3, -0.25) is 4.98 Å². The maximum Gasteiger partial charge on any atom is 0.0780 e. The lowest BCUT2D eigenvalue weighted by molar-refractivity contribution is 0.795. The predicted octanol–water partition coefficient (Wildman–Crippen LogP) is 10.2. The molecule has 0 radical (unpaired) electrons. The van der Waals surface area contributed by atoms with Gasteiger partial charge in [0.25, 0.3) is 0 Å². The van der Waals surface area contributed by atoms with E-state index < -0.39 is 0 Å². The Hall–Kier alpha value is -3.19. The summed E-state index contributed by atoms with van der Waals surface area (Å²) in [4.78, 5) is 4.66. The van der Waals surface area contributed by atoms with Gasteiger partial charge in [-0.1, -0.05) is 114 Å². The molecule has 0 amide bonds. The molecule has 0 saturated carbocycles. The van der Waals surface area contributed by atoms with Crippen molar-refractivity contribution in [2.24, 2.45) is 0 Å². The molecule has 1 aromatic heterocycles. The first kappa shape index (κ1) is 27.8. The Morgan fingerprint density at radius 1 is 0.697 bits per heavy atom. The fraction of sp³-hybridized carbons (Fsp3) is 0.281. The summed E-state index contributed by atoms with van der Waals surface area (Å²) in [7, 11) is 0. The molecule has 0 atom stereocenters. The highest BCUT2D eigenvalue weighted by molar-refractivity contribution is 5.95. The van der Waals surface area contributed by atoms with E-state index in [-0.39, 0.29) is 0 Å². The van der Waals surface area contributed by atoms with Crippen LogP contribution in [0.25, 0.3) is 33.2 Å². The number of pyridine rings is 1. The fourth-order valence-electron chi connectivity index (χ4n) is 3.44. The van der Waals surface area contributed by atoms with Crippen molar-refractivity contribution in [2.75, 3.05) is 0 Å². The Labute approximate surface area is 202 Å². The van der Waals surface area contributed by atoms with Crippen molar-refractivity contribution in [3.8, 4) is 22.4 Å². The largest absolute Gasteiger partial charge is 0.256 e. The molecule has 1 heteroatoms. The second-order valence-corrected chi connectivity index (χ2v) is 7.47. The van der Waals surface area contributed by atoms with E-state index in [1.807, 2.05) is 20.0 Å². The molecule has 1 heterocycles. The lowest BCUT2D eigenvalue weighted by Crippen LogP contribution is -1.88. The summed E-state index contributed by atoms with van der Waals surface area (Å²) in [5.74, 6) is 0. The van der Waals surface area contributed by atoms with Gasteiger partial charge in [-0.25, -0.2) is 0 Å². The van der Waals surface area contributed by atoms with Crippen LogP contribution in [0.2, 0.25) is 0 Å². The van der Waals surface area contributed by atoms with Crippen molar-refractivity contribution in [2.45, 2.75) is 60.3 Å². The molecule has 33 heavy (non-hydrogen) atoms. The van der Waals surface area contributed by atoms with E-state index >= 15 is 0 Å². The lowest BCUT2D eigenvalue weighted by atomic mass is 9.98. The highest BCUT2D eigenvalue weighted by Crippen LogP contribution is 2.30. The van der Waals surface area contributed by atoms with Crippen LogP contribution in [0.1, 0.15) is 59.4 Å². The predicted molar refractivity (Wildman–Crippen MR) is 150 cm³/mol. The van der Waals surface area contributed by atoms with E-state index in [0.717, 1.165) is 17.7 Å². The molecule has 0 aliphatic carbocycles. The highest BCUT2D eigenvalue weighted by atomic mass is 14.7. The summed E-state index contributed by atoms with van der Waals surface area (Å²) in [6.07, 6.45) is 6.80. The Balaban J connectivity index is 0.000000705. The second kappa shape index (κ2) is 16.4. The minimum absolute atomic E-state index is 1.05. The van der Waals surface area contributed by atoms with Crippen molar-refractivity contribution in [3.05, 3.63) is 104 Å². The molecule has 0 saturated heterocycles. The zero-order valence-electron chi connectivity index (χ0n) is 21.3. The van der Waals surface area contributed by atoms with Gasteiger partial charge in [0.2, 0.25) is 0 Å². The van der Waals surface area contributed by atoms with E-state index in [0.29, 0.717) is 0 Å². The van der Waals surface area contributed by atoms with Crippen LogP contribution >= 0.6 is 0 Å². The van der Waals surface area contributed by atoms with Gasteiger partial charge in [-0.05, 0) is 47.1 Å². The van der Waals surface area contributed by atoms with E-state index in [4.69, 9.17) is 0 Å². The second-order valence-electron chi connectivity index (χ2n) is 7.47. The molecular formula is C32H41N. The van der Waals surface area contributed by atoms with Crippen LogP contribution in [0, 0.1) is 0 Å². The molecule has 174 valence electrons. The van der Waals surface area contributed by atoms with Gasteiger partial charge in [0.1, 0.15) is 0 Å². The number of rotatable bonds is 5. The van der Waals surface area contributed by atoms with Gasteiger partial charge < -0.3 is 0 Å². The zero-order chi connectivity index (χ0) is 24.5. The Morgan fingerprint density at radius 2 is 1.33 bits per heavy atom. The highest BCUT2D eigenvalue weighted by Gasteiger charge is 2.07. The Kier molecular flexibility index (Phi) is 13.9. The van der Waals surface area contributed by atoms with Crippen LogP contribution < -0.4 is 0 Å². The summed E-state index contributed by atoms with van der Waals surface area (Å²) in [6, 6.07) is 28.2. The molecule has 4 rings (SSSR count). The summed E-state index contributed by atoms with van der Waals surface area (Å²) >= 11 is 0. The molecule has 4 aromatic rings. The summed E-state index contributed by atoms with van der Waals surface area (Å²) in [5, 5.41) is 2.42. The van der Waals surface area contributed by atoms with Crippen LogP contribution in [0.3, 0.4) is 0 Å². The zero-order valence-corrected chi connectivity index (χ0v) is 21.3. The first-order valence-corrected chi connectivity index (χ1v) is 12.3. The van der Waals surface area contributed by atoms with E-state index in [9.17, 15) is 0 Å². The number of fused-ring (bicyclic) bond motifs is 1. The third-order valence-electron chi connectivity index (χ3n) is 4.92. The monoisotopic (exact) mass is 439 g/mol. The first-order valence-electron chi connectivity index (χ1n) is 12.3. The van der Waals surface area contributed by atoms with Crippen LogP contribution in [0.5, 0.6) is 0 Å². The summed E-state index contributed by atoms with van der Waals surface area (Å²) in [6.45, 7) is 16.5. The maximum atomic E-state index is 4.66. The molecule has 0 N–H and O–H groups in total. The maximum absolute atomic E-state index is 4.66. The van der Waals surface area contributed by atoms with Crippen LogP contribution in [-0.2, 0) is 6.42 Å². The summed E-state index contributed by atoms with van der Waals surface area (Å²) in [5.41, 5.74) is 6.12. The van der Waals surface area contributed by atoms with Crippen molar-refractivity contribution < 1.29 is 0 Å². The fourth-order valence-corrected chi connectivity index (χ4v) is 3.44. The van der Waals surface area contributed by atoms with Crippen molar-refractivity contribution in [1.82, 2.24) is 4.98 Å². The molecular weight excluding hydrogens is 398 g/mol. The van der Waals surface area contributed by atoms with Crippen LogP contribution in [-0.4, -0.2) is 4.98 Å². The first-order chi connectivity index (χ1) is 16.3. The Bertz CT molecular complexity index is 1040. The average molecular weight is 440 g/mol. The summed E-state index contributed by atoms with van der Waals surface area (Å²) < 4.78 is 0. The molecule has 3 aromatic carbocycles. The minimum atomic E-state index is 1.05. The number of nitrogens with zero attached hydrogens (tertiary/aromatic N) is 1. The molecule has 1 nitrogen and oxygen atoms in total. The number of aryl methyl sites for hydroxylation is 1. The van der Waals surface area contributed by atoms with Crippen LogP contribution in [0.4, 0.5) is 0 Å². The normalized spacial score (nSPS) is 9.48. The van der Waals surface area contributed by atoms with Gasteiger partial charge in [0.15, 0.2) is 0 Å². The number of aromatic nitrogens is 1. The molecule has 0 spiro atoms. The van der Waals surface area contributed by atoms with Gasteiger partial charge in [0, 0.05) is 17.1 Å². The quantitative estimate of drug-likeness (QED) is 0.282. The molecule has 0 fully saturated rings.